The normalized spacial score (nSPS) is 11.2. The van der Waals surface area contributed by atoms with Gasteiger partial charge in [-0.25, -0.2) is 4.79 Å². The van der Waals surface area contributed by atoms with Crippen LogP contribution in [0.25, 0.3) is 0 Å². The lowest BCUT2D eigenvalue weighted by atomic mass is 10.1. The van der Waals surface area contributed by atoms with Gasteiger partial charge in [0, 0.05) is 6.54 Å². The molecule has 0 bridgehead atoms. The number of rotatable bonds is 8. The number of esters is 1. The zero-order valence-electron chi connectivity index (χ0n) is 16.5. The maximum Gasteiger partial charge on any atom is 0.330 e. The second-order valence-corrected chi connectivity index (χ2v) is 6.71. The minimum absolute atomic E-state index is 0.00691. The minimum Gasteiger partial charge on any atom is -0.496 e. The molecule has 10 heteroatoms. The van der Waals surface area contributed by atoms with Crippen LogP contribution in [0.5, 0.6) is 11.5 Å². The molecule has 2 rings (SSSR count). The fourth-order valence-corrected chi connectivity index (χ4v) is 3.21. The van der Waals surface area contributed by atoms with Crippen LogP contribution in [0.4, 0.5) is 0 Å². The predicted octanol–water partition coefficient (Wildman–Crippen LogP) is 2.71. The van der Waals surface area contributed by atoms with Gasteiger partial charge >= 0.3 is 5.97 Å². The monoisotopic (exact) mass is 454 g/mol. The van der Waals surface area contributed by atoms with Crippen molar-refractivity contribution in [2.45, 2.75) is 6.04 Å². The van der Waals surface area contributed by atoms with Crippen molar-refractivity contribution in [3.8, 4) is 11.5 Å². The summed E-state index contributed by atoms with van der Waals surface area (Å²) in [6.45, 7) is -0.263. The number of methoxy groups -OCH3 is 3. The van der Waals surface area contributed by atoms with E-state index in [1.54, 1.807) is 24.3 Å². The molecule has 160 valence electrons. The first-order valence-electron chi connectivity index (χ1n) is 8.65. The van der Waals surface area contributed by atoms with Gasteiger partial charge < -0.3 is 24.8 Å². The van der Waals surface area contributed by atoms with Gasteiger partial charge in [0.25, 0.3) is 11.8 Å². The maximum atomic E-state index is 12.7. The number of amides is 2. The summed E-state index contributed by atoms with van der Waals surface area (Å²) in [7, 11) is 3.99. The van der Waals surface area contributed by atoms with Gasteiger partial charge in [-0.05, 0) is 24.3 Å². The van der Waals surface area contributed by atoms with Crippen molar-refractivity contribution in [3.05, 3.63) is 57.6 Å². The Bertz CT molecular complexity index is 908. The molecule has 0 aromatic heterocycles. The number of hydrogen-bond acceptors (Lipinski definition) is 6. The van der Waals surface area contributed by atoms with E-state index in [1.807, 2.05) is 0 Å². The van der Waals surface area contributed by atoms with Crippen molar-refractivity contribution in [1.29, 1.82) is 0 Å². The average Bonchev–Trinajstić information content (AvgIpc) is 2.74. The molecule has 1 atom stereocenters. The van der Waals surface area contributed by atoms with Crippen molar-refractivity contribution in [1.82, 2.24) is 10.6 Å². The van der Waals surface area contributed by atoms with Crippen molar-refractivity contribution in [2.75, 3.05) is 27.9 Å². The van der Waals surface area contributed by atoms with Crippen LogP contribution in [0, 0.1) is 0 Å². The fraction of sp³-hybridized carbons (Fsp3) is 0.250. The lowest BCUT2D eigenvalue weighted by Gasteiger charge is -2.19. The zero-order chi connectivity index (χ0) is 22.3. The van der Waals surface area contributed by atoms with Crippen molar-refractivity contribution in [2.24, 2.45) is 0 Å². The maximum absolute atomic E-state index is 12.7. The summed E-state index contributed by atoms with van der Waals surface area (Å²) in [6.07, 6.45) is 0. The highest BCUT2D eigenvalue weighted by molar-refractivity contribution is 6.39. The lowest BCUT2D eigenvalue weighted by molar-refractivity contribution is -0.142. The van der Waals surface area contributed by atoms with Crippen LogP contribution >= 0.6 is 23.2 Å². The molecule has 0 radical (unpaired) electrons. The fourth-order valence-electron chi connectivity index (χ4n) is 2.64. The molecule has 0 aliphatic carbocycles. The summed E-state index contributed by atoms with van der Waals surface area (Å²) < 4.78 is 15.1. The number of hydrogen-bond donors (Lipinski definition) is 2. The summed E-state index contributed by atoms with van der Waals surface area (Å²) in [5.41, 5.74) is 0.152. The van der Waals surface area contributed by atoms with Crippen molar-refractivity contribution >= 4 is 41.0 Å². The Morgan fingerprint density at radius 1 is 0.867 bits per heavy atom. The van der Waals surface area contributed by atoms with Gasteiger partial charge in [0.2, 0.25) is 0 Å². The standard InChI is InChI=1S/C20H20Cl2N2O6/c1-28-14-8-5-9-15(29-2)17(14)18(25)23-10-13(20(27)30-3)24-19(26)16-11(21)6-4-7-12(16)22/h4-9,13H,10H2,1-3H3,(H,23,25)(H,24,26). The first kappa shape index (κ1) is 23.3. The van der Waals surface area contributed by atoms with E-state index in [1.165, 1.54) is 26.4 Å². The topological polar surface area (TPSA) is 103 Å². The van der Waals surface area contributed by atoms with E-state index in [0.717, 1.165) is 7.11 Å². The summed E-state index contributed by atoms with van der Waals surface area (Å²) in [6, 6.07) is 8.22. The number of carbonyl (C=O) groups excluding carboxylic acids is 3. The van der Waals surface area contributed by atoms with Crippen LogP contribution in [0.3, 0.4) is 0 Å². The minimum atomic E-state index is -1.19. The second-order valence-electron chi connectivity index (χ2n) is 5.89. The molecule has 2 aromatic carbocycles. The zero-order valence-corrected chi connectivity index (χ0v) is 18.0. The molecular weight excluding hydrogens is 435 g/mol. The Balaban J connectivity index is 2.20. The summed E-state index contributed by atoms with van der Waals surface area (Å²) in [4.78, 5) is 37.4. The molecule has 30 heavy (non-hydrogen) atoms. The number of halogens is 2. The van der Waals surface area contributed by atoms with Crippen LogP contribution in [0.2, 0.25) is 10.0 Å². The third kappa shape index (κ3) is 5.34. The summed E-state index contributed by atoms with van der Waals surface area (Å²) in [5, 5.41) is 5.27. The number of nitrogens with one attached hydrogen (secondary N) is 2. The Morgan fingerprint density at radius 3 is 1.90 bits per heavy atom. The molecule has 2 N–H and O–H groups in total. The van der Waals surface area contributed by atoms with E-state index in [2.05, 4.69) is 10.6 Å². The molecule has 8 nitrogen and oxygen atoms in total. The van der Waals surface area contributed by atoms with E-state index in [9.17, 15) is 14.4 Å². The molecule has 0 aliphatic heterocycles. The van der Waals surface area contributed by atoms with Crippen LogP contribution < -0.4 is 20.1 Å². The van der Waals surface area contributed by atoms with Crippen molar-refractivity contribution < 1.29 is 28.6 Å². The van der Waals surface area contributed by atoms with Crippen LogP contribution in [-0.4, -0.2) is 51.7 Å². The quantitative estimate of drug-likeness (QED) is 0.594. The molecular formula is C20H20Cl2N2O6. The first-order chi connectivity index (χ1) is 14.3. The summed E-state index contributed by atoms with van der Waals surface area (Å²) in [5.74, 6) is -1.45. The number of ether oxygens (including phenoxy) is 3. The number of carbonyl (C=O) groups is 3. The smallest absolute Gasteiger partial charge is 0.330 e. The summed E-state index contributed by atoms with van der Waals surface area (Å²) >= 11 is 12.1. The highest BCUT2D eigenvalue weighted by Crippen LogP contribution is 2.28. The Morgan fingerprint density at radius 2 is 1.40 bits per heavy atom. The Kier molecular flexibility index (Phi) is 8.32. The predicted molar refractivity (Wildman–Crippen MR) is 112 cm³/mol. The van der Waals surface area contributed by atoms with Crippen molar-refractivity contribution in [3.63, 3.8) is 0 Å². The average molecular weight is 455 g/mol. The van der Waals surface area contributed by atoms with E-state index >= 15 is 0 Å². The first-order valence-corrected chi connectivity index (χ1v) is 9.41. The van der Waals surface area contributed by atoms with E-state index in [-0.39, 0.29) is 39.2 Å². The molecule has 0 aliphatic rings. The molecule has 0 fully saturated rings. The number of benzene rings is 2. The van der Waals surface area contributed by atoms with Crippen LogP contribution in [-0.2, 0) is 9.53 Å². The SMILES string of the molecule is COC(=O)C(CNC(=O)c1c(OC)cccc1OC)NC(=O)c1c(Cl)cccc1Cl. The molecule has 2 aromatic rings. The van der Waals surface area contributed by atoms with Gasteiger partial charge in [0.1, 0.15) is 23.1 Å². The third-order valence-electron chi connectivity index (χ3n) is 4.10. The molecule has 0 spiro atoms. The molecule has 0 saturated carbocycles. The lowest BCUT2D eigenvalue weighted by Crippen LogP contribution is -2.49. The van der Waals surface area contributed by atoms with Gasteiger partial charge in [-0.1, -0.05) is 35.3 Å². The Labute approximate surface area is 183 Å². The molecule has 0 saturated heterocycles. The van der Waals surface area contributed by atoms with Crippen LogP contribution in [0.15, 0.2) is 36.4 Å². The largest absolute Gasteiger partial charge is 0.496 e. The van der Waals surface area contributed by atoms with E-state index < -0.39 is 23.8 Å². The van der Waals surface area contributed by atoms with Crippen LogP contribution in [0.1, 0.15) is 20.7 Å². The van der Waals surface area contributed by atoms with Gasteiger partial charge in [0.05, 0.1) is 36.9 Å². The van der Waals surface area contributed by atoms with Gasteiger partial charge in [-0.3, -0.25) is 9.59 Å². The second kappa shape index (κ2) is 10.7. The van der Waals surface area contributed by atoms with Gasteiger partial charge in [0.15, 0.2) is 0 Å². The van der Waals surface area contributed by atoms with Gasteiger partial charge in [-0.2, -0.15) is 0 Å². The highest BCUT2D eigenvalue weighted by atomic mass is 35.5. The molecule has 0 heterocycles. The van der Waals surface area contributed by atoms with E-state index in [0.29, 0.717) is 0 Å². The van der Waals surface area contributed by atoms with Gasteiger partial charge in [-0.15, -0.1) is 0 Å². The third-order valence-corrected chi connectivity index (χ3v) is 4.73. The van der Waals surface area contributed by atoms with E-state index in [4.69, 9.17) is 37.4 Å². The molecule has 2 amide bonds. The highest BCUT2D eigenvalue weighted by Gasteiger charge is 2.26. The molecule has 1 unspecified atom stereocenters. The Hall–Kier alpha value is -2.97.